The van der Waals surface area contributed by atoms with E-state index in [1.165, 1.54) is 38.9 Å². The number of benzene rings is 1. The van der Waals surface area contributed by atoms with Crippen LogP contribution in [0.5, 0.6) is 5.75 Å². The summed E-state index contributed by atoms with van der Waals surface area (Å²) in [6, 6.07) is 5.66. The molecule has 1 saturated heterocycles. The second-order valence-electron chi connectivity index (χ2n) is 9.18. The number of hydrogen-bond donors (Lipinski definition) is 3. The number of hydrogen-bond acceptors (Lipinski definition) is 8. The van der Waals surface area contributed by atoms with Gasteiger partial charge in [0.2, 0.25) is 17.8 Å². The van der Waals surface area contributed by atoms with Crippen molar-refractivity contribution in [3.05, 3.63) is 29.6 Å². The molecule has 9 heteroatoms. The minimum Gasteiger partial charge on any atom is -0.494 e. The van der Waals surface area contributed by atoms with Crippen molar-refractivity contribution in [2.75, 3.05) is 43.2 Å². The first-order valence-electron chi connectivity index (χ1n) is 12.1. The van der Waals surface area contributed by atoms with Crippen molar-refractivity contribution in [1.29, 1.82) is 0 Å². The highest BCUT2D eigenvalue weighted by Crippen LogP contribution is 2.22. The fourth-order valence-corrected chi connectivity index (χ4v) is 4.53. The Morgan fingerprint density at radius 2 is 1.52 bits per heavy atom. The van der Waals surface area contributed by atoms with Gasteiger partial charge in [-0.1, -0.05) is 31.7 Å². The summed E-state index contributed by atoms with van der Waals surface area (Å²) in [6.07, 6.45) is 9.44. The summed E-state index contributed by atoms with van der Waals surface area (Å²) in [7, 11) is 3.61. The van der Waals surface area contributed by atoms with E-state index in [1.54, 1.807) is 6.07 Å². The Balaban J connectivity index is 1.47. The molecule has 8 nitrogen and oxygen atoms in total. The summed E-state index contributed by atoms with van der Waals surface area (Å²) >= 11 is 0. The maximum atomic E-state index is 14.1. The number of methoxy groups -OCH3 is 1. The summed E-state index contributed by atoms with van der Waals surface area (Å²) in [4.78, 5) is 16.3. The van der Waals surface area contributed by atoms with E-state index in [1.807, 2.05) is 6.07 Å². The van der Waals surface area contributed by atoms with Crippen molar-refractivity contribution in [1.82, 2.24) is 19.9 Å². The molecular weight excluding hydrogens is 421 g/mol. The first-order valence-corrected chi connectivity index (χ1v) is 12.1. The Morgan fingerprint density at radius 3 is 2.12 bits per heavy atom. The standard InChI is InChI=1S/C24H36FN7O/c1-32-13-11-19(12-14-32)28-24-30-22(26-16-17-9-10-21(33-2)20(25)15-17)29-23(31-24)27-18-7-5-3-4-6-8-18/h9-10,15,18-19H,3-8,11-14,16H2,1-2H3,(H3,26,27,28,29,30,31). The van der Waals surface area contributed by atoms with Gasteiger partial charge in [0.05, 0.1) is 7.11 Å². The zero-order valence-corrected chi connectivity index (χ0v) is 19.7. The van der Waals surface area contributed by atoms with Crippen LogP contribution in [0.15, 0.2) is 18.2 Å². The second kappa shape index (κ2) is 11.4. The molecule has 0 unspecified atom stereocenters. The molecule has 1 aliphatic heterocycles. The van der Waals surface area contributed by atoms with Gasteiger partial charge in [0, 0.05) is 18.6 Å². The predicted octanol–water partition coefficient (Wildman–Crippen LogP) is 4.27. The van der Waals surface area contributed by atoms with Crippen molar-refractivity contribution in [2.45, 2.75) is 70.0 Å². The van der Waals surface area contributed by atoms with E-state index in [4.69, 9.17) is 4.74 Å². The third kappa shape index (κ3) is 6.90. The third-order valence-corrected chi connectivity index (χ3v) is 6.54. The molecule has 1 aromatic carbocycles. The lowest BCUT2D eigenvalue weighted by molar-refractivity contribution is 0.263. The van der Waals surface area contributed by atoms with Crippen LogP contribution in [0.25, 0.3) is 0 Å². The quantitative estimate of drug-likeness (QED) is 0.507. The molecule has 0 spiro atoms. The van der Waals surface area contributed by atoms with Crippen LogP contribution in [0.4, 0.5) is 22.2 Å². The number of halogens is 1. The molecule has 3 N–H and O–H groups in total. The van der Waals surface area contributed by atoms with Gasteiger partial charge in [-0.2, -0.15) is 15.0 Å². The first kappa shape index (κ1) is 23.5. The minimum absolute atomic E-state index is 0.235. The number of rotatable bonds is 8. The molecule has 2 fully saturated rings. The van der Waals surface area contributed by atoms with Crippen LogP contribution in [-0.2, 0) is 6.54 Å². The number of anilines is 3. The van der Waals surface area contributed by atoms with Gasteiger partial charge in [0.1, 0.15) is 0 Å². The lowest BCUT2D eigenvalue weighted by Crippen LogP contribution is -2.37. The molecule has 2 heterocycles. The summed E-state index contributed by atoms with van der Waals surface area (Å²) in [6.45, 7) is 2.52. The topological polar surface area (TPSA) is 87.2 Å². The minimum atomic E-state index is -0.382. The highest BCUT2D eigenvalue weighted by atomic mass is 19.1. The molecule has 0 radical (unpaired) electrons. The molecule has 1 saturated carbocycles. The summed E-state index contributed by atoms with van der Waals surface area (Å²) in [5.41, 5.74) is 0.789. The van der Waals surface area contributed by atoms with Crippen molar-refractivity contribution < 1.29 is 9.13 Å². The van der Waals surface area contributed by atoms with Gasteiger partial charge in [-0.3, -0.25) is 0 Å². The van der Waals surface area contributed by atoms with E-state index in [-0.39, 0.29) is 11.6 Å². The van der Waals surface area contributed by atoms with Crippen LogP contribution in [0.3, 0.4) is 0 Å². The molecular formula is C24H36FN7O. The van der Waals surface area contributed by atoms with Gasteiger partial charge in [0.15, 0.2) is 11.6 Å². The Labute approximate surface area is 195 Å². The van der Waals surface area contributed by atoms with Crippen molar-refractivity contribution in [2.24, 2.45) is 0 Å². The van der Waals surface area contributed by atoms with E-state index in [0.29, 0.717) is 36.5 Å². The van der Waals surface area contributed by atoms with Crippen LogP contribution >= 0.6 is 0 Å². The van der Waals surface area contributed by atoms with E-state index in [2.05, 4.69) is 42.8 Å². The zero-order valence-electron chi connectivity index (χ0n) is 19.7. The maximum absolute atomic E-state index is 14.1. The van der Waals surface area contributed by atoms with Crippen LogP contribution < -0.4 is 20.7 Å². The average Bonchev–Trinajstić information content (AvgIpc) is 3.08. The van der Waals surface area contributed by atoms with Crippen molar-refractivity contribution in [3.8, 4) is 5.75 Å². The number of nitrogens with one attached hydrogen (secondary N) is 3. The van der Waals surface area contributed by atoms with Gasteiger partial charge in [-0.15, -0.1) is 0 Å². The van der Waals surface area contributed by atoms with Crippen LogP contribution in [0.1, 0.15) is 56.9 Å². The number of likely N-dealkylation sites (tertiary alicyclic amines) is 1. The molecule has 0 amide bonds. The molecule has 33 heavy (non-hydrogen) atoms. The first-order chi connectivity index (χ1) is 16.1. The van der Waals surface area contributed by atoms with Gasteiger partial charge >= 0.3 is 0 Å². The smallest absolute Gasteiger partial charge is 0.229 e. The Kier molecular flexibility index (Phi) is 8.15. The van der Waals surface area contributed by atoms with Crippen LogP contribution in [-0.4, -0.2) is 59.2 Å². The normalized spacial score (nSPS) is 18.5. The molecule has 1 aromatic heterocycles. The summed E-state index contributed by atoms with van der Waals surface area (Å²) in [5, 5.41) is 10.3. The number of piperidine rings is 1. The Bertz CT molecular complexity index is 896. The summed E-state index contributed by atoms with van der Waals surface area (Å²) < 4.78 is 19.1. The summed E-state index contributed by atoms with van der Waals surface area (Å²) in [5.74, 6) is 1.51. The molecule has 2 aliphatic rings. The molecule has 4 rings (SSSR count). The van der Waals surface area contributed by atoms with E-state index in [0.717, 1.165) is 44.3 Å². The number of aromatic nitrogens is 3. The second-order valence-corrected chi connectivity index (χ2v) is 9.18. The van der Waals surface area contributed by atoms with Gasteiger partial charge in [-0.05, 0) is 63.5 Å². The van der Waals surface area contributed by atoms with Crippen LogP contribution in [0, 0.1) is 5.82 Å². The Morgan fingerprint density at radius 1 is 0.909 bits per heavy atom. The molecule has 0 atom stereocenters. The van der Waals surface area contributed by atoms with Crippen molar-refractivity contribution in [3.63, 3.8) is 0 Å². The lowest BCUT2D eigenvalue weighted by atomic mass is 10.1. The third-order valence-electron chi connectivity index (χ3n) is 6.54. The Hall–Kier alpha value is -2.68. The van der Waals surface area contributed by atoms with E-state index < -0.39 is 0 Å². The molecule has 1 aliphatic carbocycles. The highest BCUT2D eigenvalue weighted by molar-refractivity contribution is 5.44. The van der Waals surface area contributed by atoms with Gasteiger partial charge in [0.25, 0.3) is 0 Å². The largest absolute Gasteiger partial charge is 0.494 e. The van der Waals surface area contributed by atoms with Crippen molar-refractivity contribution >= 4 is 17.8 Å². The molecule has 0 bridgehead atoms. The fourth-order valence-electron chi connectivity index (χ4n) is 4.53. The SMILES string of the molecule is COc1ccc(CNc2nc(NC3CCCCCC3)nc(NC3CCN(C)CC3)n2)cc1F. The zero-order chi connectivity index (χ0) is 23.0. The fraction of sp³-hybridized carbons (Fsp3) is 0.625. The molecule has 180 valence electrons. The maximum Gasteiger partial charge on any atom is 0.229 e. The molecule has 2 aromatic rings. The van der Waals surface area contributed by atoms with Crippen LogP contribution in [0.2, 0.25) is 0 Å². The van der Waals surface area contributed by atoms with E-state index in [9.17, 15) is 4.39 Å². The monoisotopic (exact) mass is 457 g/mol. The van der Waals surface area contributed by atoms with Gasteiger partial charge in [-0.25, -0.2) is 4.39 Å². The van der Waals surface area contributed by atoms with E-state index >= 15 is 0 Å². The number of nitrogens with zero attached hydrogens (tertiary/aromatic N) is 4. The number of ether oxygens (including phenoxy) is 1. The predicted molar refractivity (Wildman–Crippen MR) is 129 cm³/mol. The average molecular weight is 458 g/mol. The lowest BCUT2D eigenvalue weighted by Gasteiger charge is -2.29. The highest BCUT2D eigenvalue weighted by Gasteiger charge is 2.19. The van der Waals surface area contributed by atoms with Gasteiger partial charge < -0.3 is 25.6 Å².